The van der Waals surface area contributed by atoms with Crippen LogP contribution in [0, 0.1) is 0 Å². The van der Waals surface area contributed by atoms with Crippen molar-refractivity contribution < 1.29 is 31.7 Å². The number of rotatable bonds is 10. The Balaban J connectivity index is 1.31. The summed E-state index contributed by atoms with van der Waals surface area (Å²) < 4.78 is 56.0. The van der Waals surface area contributed by atoms with E-state index in [0.717, 1.165) is 96.3 Å². The van der Waals surface area contributed by atoms with Gasteiger partial charge in [0, 0.05) is 11.0 Å². The molecule has 3 unspecified atom stereocenters. The summed E-state index contributed by atoms with van der Waals surface area (Å²) in [4.78, 5) is 0. The van der Waals surface area contributed by atoms with Crippen LogP contribution in [0.3, 0.4) is 0 Å². The first-order valence-corrected chi connectivity index (χ1v) is 16.1. The molecule has 3 atom stereocenters. The first-order chi connectivity index (χ1) is 16.1. The molecule has 4 fully saturated rings. The van der Waals surface area contributed by atoms with Crippen molar-refractivity contribution in [3.63, 3.8) is 0 Å². The van der Waals surface area contributed by atoms with Crippen LogP contribution >= 0.6 is 16.1 Å². The van der Waals surface area contributed by atoms with Crippen LogP contribution in [0.1, 0.15) is 122 Å². The van der Waals surface area contributed by atoms with Crippen LogP contribution < -0.4 is 0 Å². The van der Waals surface area contributed by atoms with Gasteiger partial charge in [-0.15, -0.1) is 9.05 Å². The molecule has 4 aliphatic rings. The normalized spacial score (nSPS) is 29.8. The molecule has 0 aromatic heterocycles. The van der Waals surface area contributed by atoms with Gasteiger partial charge < -0.3 is 0 Å². The fourth-order valence-corrected chi connectivity index (χ4v) is 8.49. The second-order valence-electron chi connectivity index (χ2n) is 10.4. The molecule has 0 aromatic rings. The molecule has 4 aliphatic carbocycles. The summed E-state index contributed by atoms with van der Waals surface area (Å²) in [5.74, 6) is 0. The monoisotopic (exact) mass is 505 g/mol. The van der Waals surface area contributed by atoms with Crippen molar-refractivity contribution in [3.05, 3.63) is 0 Å². The van der Waals surface area contributed by atoms with E-state index >= 15 is 0 Å². The summed E-state index contributed by atoms with van der Waals surface area (Å²) in [6.45, 7) is 0. The number of phosphoric ester groups is 1. The standard InChI is InChI=1S/C24H43O7P2/c25-32(27-20-11-4-1-5-12-20)28-23-17-10-18-24(19-23)31-33(26,29-21-13-6-2-7-14-21)30-22-15-8-3-9-16-22/h20-24H,1-19H2/q+1. The Morgan fingerprint density at radius 2 is 0.879 bits per heavy atom. The quantitative estimate of drug-likeness (QED) is 0.277. The summed E-state index contributed by atoms with van der Waals surface area (Å²) in [6, 6.07) is 0. The predicted octanol–water partition coefficient (Wildman–Crippen LogP) is 8.14. The summed E-state index contributed by atoms with van der Waals surface area (Å²) in [6.07, 6.45) is 18.3. The second-order valence-corrected chi connectivity index (χ2v) is 12.8. The molecule has 0 bridgehead atoms. The van der Waals surface area contributed by atoms with Crippen LogP contribution in [-0.2, 0) is 31.7 Å². The molecule has 4 rings (SSSR count). The molecule has 7 nitrogen and oxygen atoms in total. The van der Waals surface area contributed by atoms with Crippen molar-refractivity contribution in [1.29, 1.82) is 0 Å². The van der Waals surface area contributed by atoms with E-state index in [2.05, 4.69) is 0 Å². The van der Waals surface area contributed by atoms with Gasteiger partial charge in [0.1, 0.15) is 12.2 Å². The maximum absolute atomic E-state index is 13.8. The van der Waals surface area contributed by atoms with Crippen molar-refractivity contribution in [2.24, 2.45) is 0 Å². The molecule has 0 heterocycles. The van der Waals surface area contributed by atoms with Gasteiger partial charge in [0.05, 0.1) is 18.3 Å². The van der Waals surface area contributed by atoms with Crippen molar-refractivity contribution >= 4 is 16.1 Å². The maximum Gasteiger partial charge on any atom is 0.697 e. The number of hydrogen-bond donors (Lipinski definition) is 0. The SMILES string of the molecule is O=[P+](OC1CCCCC1)OC1CCCC(OP(=O)(OC2CCCCC2)OC2CCCCC2)C1. The van der Waals surface area contributed by atoms with E-state index in [1.54, 1.807) is 0 Å². The molecule has 0 radical (unpaired) electrons. The third kappa shape index (κ3) is 8.94. The lowest BCUT2D eigenvalue weighted by Crippen LogP contribution is -2.29. The van der Waals surface area contributed by atoms with Crippen molar-refractivity contribution in [3.8, 4) is 0 Å². The lowest BCUT2D eigenvalue weighted by Gasteiger charge is -2.34. The predicted molar refractivity (Wildman–Crippen MR) is 127 cm³/mol. The second kappa shape index (κ2) is 13.4. The van der Waals surface area contributed by atoms with Gasteiger partial charge in [0.2, 0.25) is 0 Å². The van der Waals surface area contributed by atoms with Gasteiger partial charge in [-0.1, -0.05) is 57.8 Å². The summed E-state index contributed by atoms with van der Waals surface area (Å²) in [5, 5.41) is 0. The topological polar surface area (TPSA) is 80.3 Å². The van der Waals surface area contributed by atoms with Crippen LogP contribution in [0.5, 0.6) is 0 Å². The minimum absolute atomic E-state index is 0.0472. The average molecular weight is 506 g/mol. The molecule has 9 heteroatoms. The van der Waals surface area contributed by atoms with Gasteiger partial charge >= 0.3 is 16.1 Å². The largest absolute Gasteiger partial charge is 0.697 e. The molecular weight excluding hydrogens is 462 g/mol. The molecule has 33 heavy (non-hydrogen) atoms. The van der Waals surface area contributed by atoms with E-state index in [1.807, 2.05) is 0 Å². The van der Waals surface area contributed by atoms with Crippen LogP contribution in [-0.4, -0.2) is 30.5 Å². The third-order valence-electron chi connectivity index (χ3n) is 7.54. The van der Waals surface area contributed by atoms with Crippen molar-refractivity contribution in [2.75, 3.05) is 0 Å². The zero-order valence-corrected chi connectivity index (χ0v) is 21.9. The Hall–Kier alpha value is 0.130. The highest BCUT2D eigenvalue weighted by molar-refractivity contribution is 7.48. The van der Waals surface area contributed by atoms with Gasteiger partial charge in [-0.3, -0.25) is 13.6 Å². The van der Waals surface area contributed by atoms with Gasteiger partial charge in [-0.2, -0.15) is 0 Å². The minimum atomic E-state index is -3.67. The van der Waals surface area contributed by atoms with E-state index in [0.29, 0.717) is 6.42 Å². The summed E-state index contributed by atoms with van der Waals surface area (Å²) in [7, 11) is -5.82. The van der Waals surface area contributed by atoms with Gasteiger partial charge in [-0.05, 0) is 57.8 Å². The Kier molecular flexibility index (Phi) is 10.7. The summed E-state index contributed by atoms with van der Waals surface area (Å²) in [5.41, 5.74) is 0. The van der Waals surface area contributed by atoms with Gasteiger partial charge in [0.15, 0.2) is 0 Å². The molecule has 0 N–H and O–H groups in total. The number of hydrogen-bond acceptors (Lipinski definition) is 7. The molecule has 0 aliphatic heterocycles. The Labute approximate surface area is 200 Å². The van der Waals surface area contributed by atoms with E-state index in [-0.39, 0.29) is 30.5 Å². The molecule has 0 aromatic carbocycles. The fraction of sp³-hybridized carbons (Fsp3) is 1.00. The molecular formula is C24H43O7P2+. The maximum atomic E-state index is 13.8. The first kappa shape index (κ1) is 26.2. The average Bonchev–Trinajstić information content (AvgIpc) is 2.81. The van der Waals surface area contributed by atoms with E-state index in [9.17, 15) is 9.13 Å². The highest BCUT2D eigenvalue weighted by Crippen LogP contribution is 2.56. The minimum Gasteiger partial charge on any atom is -0.284 e. The van der Waals surface area contributed by atoms with Crippen LogP contribution in [0.4, 0.5) is 0 Å². The molecule has 4 saturated carbocycles. The van der Waals surface area contributed by atoms with Crippen LogP contribution in [0.25, 0.3) is 0 Å². The third-order valence-corrected chi connectivity index (χ3v) is 10.1. The number of phosphoric acid groups is 1. The Bertz CT molecular complexity index is 619. The lowest BCUT2D eigenvalue weighted by atomic mass is 9.95. The highest BCUT2D eigenvalue weighted by Gasteiger charge is 2.41. The van der Waals surface area contributed by atoms with Gasteiger partial charge in [0.25, 0.3) is 0 Å². The zero-order valence-electron chi connectivity index (χ0n) is 20.1. The first-order valence-electron chi connectivity index (χ1n) is 13.5. The van der Waals surface area contributed by atoms with Crippen LogP contribution in [0.2, 0.25) is 0 Å². The van der Waals surface area contributed by atoms with Crippen LogP contribution in [0.15, 0.2) is 0 Å². The zero-order chi connectivity index (χ0) is 22.9. The van der Waals surface area contributed by atoms with Gasteiger partial charge in [-0.25, -0.2) is 4.57 Å². The molecule has 190 valence electrons. The molecule has 0 amide bonds. The molecule has 0 spiro atoms. The van der Waals surface area contributed by atoms with E-state index in [4.69, 9.17) is 22.6 Å². The summed E-state index contributed by atoms with van der Waals surface area (Å²) >= 11 is 0. The highest BCUT2D eigenvalue weighted by atomic mass is 31.2. The lowest BCUT2D eigenvalue weighted by molar-refractivity contribution is -0.00914. The van der Waals surface area contributed by atoms with E-state index < -0.39 is 16.1 Å². The molecule has 0 saturated heterocycles. The smallest absolute Gasteiger partial charge is 0.284 e. The van der Waals surface area contributed by atoms with Crippen molar-refractivity contribution in [1.82, 2.24) is 0 Å². The van der Waals surface area contributed by atoms with Crippen molar-refractivity contribution in [2.45, 2.75) is 153 Å². The van der Waals surface area contributed by atoms with E-state index in [1.165, 1.54) is 19.3 Å². The Morgan fingerprint density at radius 1 is 0.485 bits per heavy atom. The Morgan fingerprint density at radius 3 is 1.42 bits per heavy atom. The fourth-order valence-electron chi connectivity index (χ4n) is 5.70.